The van der Waals surface area contributed by atoms with Crippen LogP contribution in [0, 0.1) is 20.8 Å². The maximum Gasteiger partial charge on any atom is 0.414 e. The highest BCUT2D eigenvalue weighted by Gasteiger charge is 2.52. The van der Waals surface area contributed by atoms with E-state index < -0.39 is 30.2 Å². The highest BCUT2D eigenvalue weighted by Crippen LogP contribution is 2.33. The van der Waals surface area contributed by atoms with Crippen LogP contribution in [0.2, 0.25) is 0 Å². The fourth-order valence-electron chi connectivity index (χ4n) is 4.00. The number of rotatable bonds is 7. The summed E-state index contributed by atoms with van der Waals surface area (Å²) in [7, 11) is 2.59. The van der Waals surface area contributed by atoms with E-state index in [-0.39, 0.29) is 32.4 Å². The average molecular weight is 446 g/mol. The number of hydrogen-bond donors (Lipinski definition) is 0. The van der Waals surface area contributed by atoms with E-state index in [1.165, 1.54) is 7.11 Å². The Balaban J connectivity index is 2.42. The lowest BCUT2D eigenvalue weighted by Gasteiger charge is -2.44. The number of carbonyl (C=O) groups excluding carboxylic acids is 2. The maximum atomic E-state index is 13.3. The molecule has 1 aliphatic heterocycles. The number of hydroxylamine groups is 4. The lowest BCUT2D eigenvalue weighted by molar-refractivity contribution is -0.284. The Kier molecular flexibility index (Phi) is 8.07. The summed E-state index contributed by atoms with van der Waals surface area (Å²) in [4.78, 5) is 36.1. The number of alkyl halides is 3. The first-order chi connectivity index (χ1) is 14.4. The van der Waals surface area contributed by atoms with Crippen LogP contribution in [0.5, 0.6) is 0 Å². The molecule has 1 saturated heterocycles. The van der Waals surface area contributed by atoms with Crippen LogP contribution in [0.15, 0.2) is 12.1 Å². The molecule has 1 aliphatic rings. The first-order valence-corrected chi connectivity index (χ1v) is 9.90. The minimum absolute atomic E-state index is 0.00295. The van der Waals surface area contributed by atoms with Crippen LogP contribution in [0.1, 0.15) is 35.1 Å². The van der Waals surface area contributed by atoms with Gasteiger partial charge in [-0.15, -0.1) is 0 Å². The number of ether oxygens (including phenoxy) is 1. The van der Waals surface area contributed by atoms with Crippen molar-refractivity contribution in [1.82, 2.24) is 10.1 Å². The second-order valence-corrected chi connectivity index (χ2v) is 7.77. The predicted octanol–water partition coefficient (Wildman–Crippen LogP) is 3.05. The number of amides is 1. The van der Waals surface area contributed by atoms with Gasteiger partial charge in [0.05, 0.1) is 20.6 Å². The van der Waals surface area contributed by atoms with Crippen molar-refractivity contribution in [3.63, 3.8) is 0 Å². The average Bonchev–Trinajstić information content (AvgIpc) is 2.69. The molecule has 0 bridgehead atoms. The van der Waals surface area contributed by atoms with Gasteiger partial charge >= 0.3 is 12.1 Å². The van der Waals surface area contributed by atoms with E-state index in [9.17, 15) is 22.8 Å². The molecule has 1 heterocycles. The van der Waals surface area contributed by atoms with E-state index >= 15 is 0 Å². The molecule has 1 aromatic rings. The highest BCUT2D eigenvalue weighted by molar-refractivity contribution is 5.88. The number of piperidine rings is 1. The number of hydrogen-bond acceptors (Lipinski definition) is 6. The quantitative estimate of drug-likeness (QED) is 0.474. The fraction of sp³-hybridized carbons (Fsp3) is 0.619. The third-order valence-corrected chi connectivity index (χ3v) is 5.51. The first-order valence-electron chi connectivity index (χ1n) is 9.90. The Morgan fingerprint density at radius 2 is 1.65 bits per heavy atom. The molecule has 1 aromatic carbocycles. The minimum Gasteiger partial charge on any atom is -0.467 e. The van der Waals surface area contributed by atoms with Gasteiger partial charge in [0.15, 0.2) is 12.1 Å². The normalized spacial score (nSPS) is 16.8. The topological polar surface area (TPSA) is 68.3 Å². The second-order valence-electron chi connectivity index (χ2n) is 7.77. The maximum absolute atomic E-state index is 13.3. The van der Waals surface area contributed by atoms with Crippen molar-refractivity contribution in [3.8, 4) is 0 Å². The largest absolute Gasteiger partial charge is 0.467 e. The number of methoxy groups -OCH3 is 1. The summed E-state index contributed by atoms with van der Waals surface area (Å²) in [6.45, 7) is 4.31. The molecule has 0 saturated carbocycles. The second kappa shape index (κ2) is 9.97. The van der Waals surface area contributed by atoms with Gasteiger partial charge in [0, 0.05) is 13.1 Å². The van der Waals surface area contributed by atoms with Crippen LogP contribution in [-0.2, 0) is 30.4 Å². The zero-order valence-corrected chi connectivity index (χ0v) is 18.5. The summed E-state index contributed by atoms with van der Waals surface area (Å²) in [6.07, 6.45) is -4.88. The van der Waals surface area contributed by atoms with Crippen LogP contribution in [0.25, 0.3) is 0 Å². The van der Waals surface area contributed by atoms with Crippen molar-refractivity contribution in [2.24, 2.45) is 0 Å². The van der Waals surface area contributed by atoms with Crippen molar-refractivity contribution in [1.29, 1.82) is 0 Å². The van der Waals surface area contributed by atoms with Crippen LogP contribution >= 0.6 is 0 Å². The van der Waals surface area contributed by atoms with Gasteiger partial charge in [0.2, 0.25) is 0 Å². The fourth-order valence-corrected chi connectivity index (χ4v) is 4.00. The molecule has 0 spiro atoms. The molecule has 0 atom stereocenters. The van der Waals surface area contributed by atoms with Gasteiger partial charge in [-0.2, -0.15) is 18.2 Å². The Bertz CT molecular complexity index is 782. The highest BCUT2D eigenvalue weighted by atomic mass is 19.4. The number of halogens is 3. The number of benzene rings is 1. The molecule has 7 nitrogen and oxygen atoms in total. The smallest absolute Gasteiger partial charge is 0.414 e. The summed E-state index contributed by atoms with van der Waals surface area (Å²) < 4.78 is 43.8. The van der Waals surface area contributed by atoms with E-state index in [0.717, 1.165) is 23.8 Å². The van der Waals surface area contributed by atoms with Gasteiger partial charge in [-0.3, -0.25) is 9.63 Å². The molecule has 1 amide bonds. The van der Waals surface area contributed by atoms with Gasteiger partial charge < -0.3 is 9.57 Å². The standard InChI is InChI=1S/C21H29F3N2O5/c1-14-10-15(2)17(16(3)11-14)12-18(27)26(31-13-21(22,23)24)20(19(28)29-4)6-8-25(30-5)9-7-20/h10-11H,6-9,12-13H2,1-5H3. The summed E-state index contributed by atoms with van der Waals surface area (Å²) >= 11 is 0. The van der Waals surface area contributed by atoms with Crippen LogP contribution in [-0.4, -0.2) is 67.6 Å². The number of carbonyl (C=O) groups is 2. The van der Waals surface area contributed by atoms with E-state index in [2.05, 4.69) is 0 Å². The van der Waals surface area contributed by atoms with E-state index in [1.54, 1.807) is 5.06 Å². The minimum atomic E-state index is -4.68. The molecule has 0 aromatic heterocycles. The Labute approximate surface area is 179 Å². The molecule has 2 rings (SSSR count). The van der Waals surface area contributed by atoms with Crippen molar-refractivity contribution < 1.29 is 37.2 Å². The molecular formula is C21H29F3N2O5. The Hall–Kier alpha value is -2.17. The number of nitrogens with zero attached hydrogens (tertiary/aromatic N) is 2. The molecular weight excluding hydrogens is 417 g/mol. The molecule has 0 unspecified atom stereocenters. The van der Waals surface area contributed by atoms with Crippen molar-refractivity contribution in [2.45, 2.75) is 51.7 Å². The molecule has 1 fully saturated rings. The molecule has 0 N–H and O–H groups in total. The zero-order valence-electron chi connectivity index (χ0n) is 18.5. The molecule has 174 valence electrons. The lowest BCUT2D eigenvalue weighted by Crippen LogP contribution is -2.62. The molecule has 31 heavy (non-hydrogen) atoms. The monoisotopic (exact) mass is 446 g/mol. The van der Waals surface area contributed by atoms with Crippen LogP contribution in [0.4, 0.5) is 13.2 Å². The molecule has 0 aliphatic carbocycles. The number of esters is 1. The summed E-state index contributed by atoms with van der Waals surface area (Å²) in [5.74, 6) is -1.56. The van der Waals surface area contributed by atoms with Gasteiger partial charge in [0.25, 0.3) is 5.91 Å². The Morgan fingerprint density at radius 1 is 1.10 bits per heavy atom. The predicted molar refractivity (Wildman–Crippen MR) is 106 cm³/mol. The van der Waals surface area contributed by atoms with Crippen LogP contribution < -0.4 is 0 Å². The first kappa shape index (κ1) is 25.1. The summed E-state index contributed by atoms with van der Waals surface area (Å²) in [6, 6.07) is 3.79. The van der Waals surface area contributed by atoms with Crippen molar-refractivity contribution >= 4 is 11.9 Å². The SMILES string of the molecule is COC(=O)C1(N(OCC(F)(F)F)C(=O)Cc2c(C)cc(C)cc2C)CCN(OC)CC1. The third-order valence-electron chi connectivity index (χ3n) is 5.51. The molecule has 10 heteroatoms. The molecule has 0 radical (unpaired) electrons. The van der Waals surface area contributed by atoms with Gasteiger partial charge in [-0.25, -0.2) is 9.86 Å². The van der Waals surface area contributed by atoms with E-state index in [4.69, 9.17) is 14.4 Å². The van der Waals surface area contributed by atoms with Gasteiger partial charge in [-0.05, 0) is 50.3 Å². The number of aryl methyl sites for hydroxylation is 3. The summed E-state index contributed by atoms with van der Waals surface area (Å²) in [5.41, 5.74) is 1.68. The Morgan fingerprint density at radius 3 is 2.10 bits per heavy atom. The summed E-state index contributed by atoms with van der Waals surface area (Å²) in [5, 5.41) is 2.15. The van der Waals surface area contributed by atoms with E-state index in [1.807, 2.05) is 32.9 Å². The third kappa shape index (κ3) is 5.96. The van der Waals surface area contributed by atoms with Crippen LogP contribution in [0.3, 0.4) is 0 Å². The zero-order chi connectivity index (χ0) is 23.4. The van der Waals surface area contributed by atoms with Gasteiger partial charge in [0.1, 0.15) is 0 Å². The van der Waals surface area contributed by atoms with E-state index in [0.29, 0.717) is 10.6 Å². The van der Waals surface area contributed by atoms with Crippen molar-refractivity contribution in [3.05, 3.63) is 34.4 Å². The van der Waals surface area contributed by atoms with Gasteiger partial charge in [-0.1, -0.05) is 17.7 Å². The lowest BCUT2D eigenvalue weighted by atomic mass is 9.86. The van der Waals surface area contributed by atoms with Crippen molar-refractivity contribution in [2.75, 3.05) is 33.9 Å².